The van der Waals surface area contributed by atoms with Crippen molar-refractivity contribution in [2.75, 3.05) is 12.3 Å². The molecule has 2 rings (SSSR count). The van der Waals surface area contributed by atoms with E-state index < -0.39 is 5.82 Å². The van der Waals surface area contributed by atoms with Crippen molar-refractivity contribution in [3.05, 3.63) is 17.9 Å². The van der Waals surface area contributed by atoms with E-state index in [0.717, 1.165) is 31.6 Å². The Morgan fingerprint density at radius 3 is 2.62 bits per heavy atom. The van der Waals surface area contributed by atoms with Gasteiger partial charge in [-0.1, -0.05) is 20.8 Å². The summed E-state index contributed by atoms with van der Waals surface area (Å²) >= 11 is 0. The summed E-state index contributed by atoms with van der Waals surface area (Å²) in [7, 11) is 0. The van der Waals surface area contributed by atoms with Crippen molar-refractivity contribution in [2.45, 2.75) is 52.6 Å². The first-order valence-electron chi connectivity index (χ1n) is 7.89. The second kappa shape index (κ2) is 7.01. The van der Waals surface area contributed by atoms with E-state index in [-0.39, 0.29) is 11.9 Å². The molecule has 2 N–H and O–H groups in total. The van der Waals surface area contributed by atoms with Crippen LogP contribution in [-0.4, -0.2) is 12.7 Å². The largest absolute Gasteiger partial charge is 0.490 e. The third-order valence-electron chi connectivity index (χ3n) is 4.37. The lowest BCUT2D eigenvalue weighted by Gasteiger charge is -2.32. The average molecular weight is 295 g/mol. The van der Waals surface area contributed by atoms with Crippen LogP contribution in [0.15, 0.2) is 12.1 Å². The number of hydrogen-bond acceptors (Lipinski definition) is 3. The van der Waals surface area contributed by atoms with Gasteiger partial charge in [0.25, 0.3) is 0 Å². The Morgan fingerprint density at radius 2 is 1.95 bits per heavy atom. The molecule has 0 bridgehead atoms. The first-order valence-corrected chi connectivity index (χ1v) is 7.89. The number of hydrogen-bond donors (Lipinski definition) is 1. The van der Waals surface area contributed by atoms with Crippen LogP contribution in [0.5, 0.6) is 11.5 Å². The molecule has 0 aliphatic heterocycles. The Kier molecular flexibility index (Phi) is 5.32. The van der Waals surface area contributed by atoms with Crippen LogP contribution < -0.4 is 15.2 Å². The molecule has 1 aliphatic rings. The first kappa shape index (κ1) is 15.9. The van der Waals surface area contributed by atoms with Gasteiger partial charge in [-0.25, -0.2) is 4.39 Å². The average Bonchev–Trinajstić information content (AvgIpc) is 2.44. The van der Waals surface area contributed by atoms with Gasteiger partial charge in [0.1, 0.15) is 5.75 Å². The summed E-state index contributed by atoms with van der Waals surface area (Å²) in [6.07, 6.45) is 4.18. The standard InChI is InChI=1S/C17H26FNO2/c1-4-7-20-16-10-17(15(19)9-14(16)18)21-13-6-5-11(2)12(3)8-13/h9-13H,4-8,19H2,1-3H3. The molecule has 1 saturated carbocycles. The number of nitrogens with two attached hydrogens (primary N) is 1. The summed E-state index contributed by atoms with van der Waals surface area (Å²) in [5, 5.41) is 0. The van der Waals surface area contributed by atoms with Gasteiger partial charge in [-0.3, -0.25) is 0 Å². The minimum absolute atomic E-state index is 0.156. The summed E-state index contributed by atoms with van der Waals surface area (Å²) in [4.78, 5) is 0. The molecule has 3 unspecified atom stereocenters. The van der Waals surface area contributed by atoms with Gasteiger partial charge in [0, 0.05) is 12.1 Å². The fourth-order valence-corrected chi connectivity index (χ4v) is 2.76. The molecule has 1 aromatic rings. The van der Waals surface area contributed by atoms with E-state index in [9.17, 15) is 4.39 Å². The van der Waals surface area contributed by atoms with E-state index in [0.29, 0.717) is 24.0 Å². The summed E-state index contributed by atoms with van der Waals surface area (Å²) in [5.41, 5.74) is 6.21. The van der Waals surface area contributed by atoms with Crippen LogP contribution in [0.2, 0.25) is 0 Å². The van der Waals surface area contributed by atoms with E-state index in [4.69, 9.17) is 15.2 Å². The predicted molar refractivity (Wildman–Crippen MR) is 83.2 cm³/mol. The maximum atomic E-state index is 13.8. The van der Waals surface area contributed by atoms with Crippen molar-refractivity contribution < 1.29 is 13.9 Å². The van der Waals surface area contributed by atoms with Crippen LogP contribution in [0.4, 0.5) is 10.1 Å². The highest BCUT2D eigenvalue weighted by Crippen LogP contribution is 2.35. The van der Waals surface area contributed by atoms with E-state index in [1.54, 1.807) is 6.07 Å². The monoisotopic (exact) mass is 295 g/mol. The fraction of sp³-hybridized carbons (Fsp3) is 0.647. The van der Waals surface area contributed by atoms with E-state index >= 15 is 0 Å². The van der Waals surface area contributed by atoms with Gasteiger partial charge in [-0.2, -0.15) is 0 Å². The molecule has 0 radical (unpaired) electrons. The predicted octanol–water partition coefficient (Wildman–Crippen LogP) is 4.40. The topological polar surface area (TPSA) is 44.5 Å². The maximum absolute atomic E-state index is 13.8. The Labute approximate surface area is 126 Å². The zero-order valence-corrected chi connectivity index (χ0v) is 13.2. The van der Waals surface area contributed by atoms with Crippen LogP contribution in [0, 0.1) is 17.7 Å². The highest BCUT2D eigenvalue weighted by atomic mass is 19.1. The molecule has 0 amide bonds. The Balaban J connectivity index is 2.08. The highest BCUT2D eigenvalue weighted by Gasteiger charge is 2.26. The van der Waals surface area contributed by atoms with Crippen molar-refractivity contribution in [1.29, 1.82) is 0 Å². The molecule has 3 nitrogen and oxygen atoms in total. The molecule has 1 fully saturated rings. The van der Waals surface area contributed by atoms with Gasteiger partial charge in [-0.05, 0) is 37.5 Å². The van der Waals surface area contributed by atoms with Gasteiger partial charge in [0.2, 0.25) is 0 Å². The molecule has 1 aliphatic carbocycles. The van der Waals surface area contributed by atoms with Gasteiger partial charge >= 0.3 is 0 Å². The van der Waals surface area contributed by atoms with Crippen LogP contribution in [0.1, 0.15) is 46.5 Å². The molecule has 3 atom stereocenters. The van der Waals surface area contributed by atoms with Gasteiger partial charge < -0.3 is 15.2 Å². The lowest BCUT2D eigenvalue weighted by atomic mass is 9.80. The summed E-state index contributed by atoms with van der Waals surface area (Å²) in [6, 6.07) is 2.87. The molecule has 0 heterocycles. The Hall–Kier alpha value is -1.45. The third-order valence-corrected chi connectivity index (χ3v) is 4.37. The maximum Gasteiger partial charge on any atom is 0.167 e. The number of nitrogen functional groups attached to an aromatic ring is 1. The van der Waals surface area contributed by atoms with Gasteiger partial charge in [-0.15, -0.1) is 0 Å². The second-order valence-electron chi connectivity index (χ2n) is 6.18. The van der Waals surface area contributed by atoms with Crippen molar-refractivity contribution in [2.24, 2.45) is 11.8 Å². The van der Waals surface area contributed by atoms with Gasteiger partial charge in [0.15, 0.2) is 11.6 Å². The molecule has 4 heteroatoms. The van der Waals surface area contributed by atoms with Crippen LogP contribution >= 0.6 is 0 Å². The van der Waals surface area contributed by atoms with Gasteiger partial charge in [0.05, 0.1) is 18.4 Å². The molecular formula is C17H26FNO2. The lowest BCUT2D eigenvalue weighted by molar-refractivity contribution is 0.101. The highest BCUT2D eigenvalue weighted by molar-refractivity contribution is 5.56. The Bertz CT molecular complexity index is 478. The van der Waals surface area contributed by atoms with E-state index in [1.165, 1.54) is 6.07 Å². The first-order chi connectivity index (χ1) is 10.0. The molecule has 0 aromatic heterocycles. The summed E-state index contributed by atoms with van der Waals surface area (Å²) in [5.74, 6) is 1.70. The zero-order chi connectivity index (χ0) is 15.4. The number of anilines is 1. The number of ether oxygens (including phenoxy) is 2. The minimum Gasteiger partial charge on any atom is -0.490 e. The minimum atomic E-state index is -0.432. The molecule has 0 spiro atoms. The molecule has 0 saturated heterocycles. The summed E-state index contributed by atoms with van der Waals surface area (Å²) < 4.78 is 25.2. The van der Waals surface area contributed by atoms with Crippen molar-refractivity contribution in [1.82, 2.24) is 0 Å². The molecule has 1 aromatic carbocycles. The third kappa shape index (κ3) is 4.02. The number of rotatable bonds is 5. The normalized spacial score (nSPS) is 25.6. The fourth-order valence-electron chi connectivity index (χ4n) is 2.76. The number of benzene rings is 1. The Morgan fingerprint density at radius 1 is 1.19 bits per heavy atom. The SMILES string of the molecule is CCCOc1cc(OC2CCC(C)C(C)C2)c(N)cc1F. The molecule has 118 valence electrons. The zero-order valence-electron chi connectivity index (χ0n) is 13.2. The van der Waals surface area contributed by atoms with E-state index in [2.05, 4.69) is 13.8 Å². The molecular weight excluding hydrogens is 269 g/mol. The van der Waals surface area contributed by atoms with Crippen LogP contribution in [0.3, 0.4) is 0 Å². The van der Waals surface area contributed by atoms with Crippen LogP contribution in [0.25, 0.3) is 0 Å². The van der Waals surface area contributed by atoms with Crippen molar-refractivity contribution >= 4 is 5.69 Å². The van der Waals surface area contributed by atoms with E-state index in [1.807, 2.05) is 6.92 Å². The summed E-state index contributed by atoms with van der Waals surface area (Å²) in [6.45, 7) is 7.00. The van der Waals surface area contributed by atoms with Crippen LogP contribution in [-0.2, 0) is 0 Å². The lowest BCUT2D eigenvalue weighted by Crippen LogP contribution is -2.29. The van der Waals surface area contributed by atoms with Crippen molar-refractivity contribution in [3.8, 4) is 11.5 Å². The number of halogens is 1. The quantitative estimate of drug-likeness (QED) is 0.819. The smallest absolute Gasteiger partial charge is 0.167 e. The van der Waals surface area contributed by atoms with Crippen molar-refractivity contribution in [3.63, 3.8) is 0 Å². The second-order valence-corrected chi connectivity index (χ2v) is 6.18. The molecule has 21 heavy (non-hydrogen) atoms.